The van der Waals surface area contributed by atoms with Gasteiger partial charge in [-0.3, -0.25) is 4.79 Å². The summed E-state index contributed by atoms with van der Waals surface area (Å²) in [7, 11) is -2.29. The van der Waals surface area contributed by atoms with Crippen molar-refractivity contribution in [2.24, 2.45) is 5.92 Å². The highest BCUT2D eigenvalue weighted by Gasteiger charge is 2.26. The maximum Gasteiger partial charge on any atom is 0.240 e. The molecule has 0 fully saturated rings. The lowest BCUT2D eigenvalue weighted by atomic mass is 9.89. The molecule has 1 aromatic carbocycles. The van der Waals surface area contributed by atoms with Crippen LogP contribution in [0.1, 0.15) is 29.3 Å². The SMILES string of the molecule is COc1ccc(S(=O)(=O)CC(=O)Nc2sc3c(c2C#N)CCC(C)C3)cc1. The number of nitriles is 1. The molecular weight excluding hydrogens is 384 g/mol. The van der Waals surface area contributed by atoms with E-state index in [9.17, 15) is 18.5 Å². The Balaban J connectivity index is 1.77. The molecule has 3 rings (SSSR count). The van der Waals surface area contributed by atoms with Crippen LogP contribution in [0.2, 0.25) is 0 Å². The summed E-state index contributed by atoms with van der Waals surface area (Å²) >= 11 is 1.38. The molecule has 142 valence electrons. The Labute approximate surface area is 162 Å². The van der Waals surface area contributed by atoms with Crippen LogP contribution in [0.15, 0.2) is 29.2 Å². The lowest BCUT2D eigenvalue weighted by Crippen LogP contribution is -2.23. The lowest BCUT2D eigenvalue weighted by Gasteiger charge is -2.17. The summed E-state index contributed by atoms with van der Waals surface area (Å²) in [5, 5.41) is 12.6. The second kappa shape index (κ2) is 7.71. The van der Waals surface area contributed by atoms with Gasteiger partial charge in [0.05, 0.1) is 17.6 Å². The summed E-state index contributed by atoms with van der Waals surface area (Å²) in [4.78, 5) is 13.5. The van der Waals surface area contributed by atoms with E-state index in [1.165, 1.54) is 42.7 Å². The number of hydrogen-bond donors (Lipinski definition) is 1. The molecule has 1 heterocycles. The molecule has 0 radical (unpaired) electrons. The number of methoxy groups -OCH3 is 1. The molecule has 1 atom stereocenters. The van der Waals surface area contributed by atoms with Crippen molar-refractivity contribution in [2.75, 3.05) is 18.2 Å². The van der Waals surface area contributed by atoms with Crippen LogP contribution in [-0.2, 0) is 27.5 Å². The Bertz CT molecular complexity index is 1000. The minimum atomic E-state index is -3.78. The van der Waals surface area contributed by atoms with E-state index in [-0.39, 0.29) is 4.90 Å². The number of nitrogens with zero attached hydrogens (tertiary/aromatic N) is 1. The van der Waals surface area contributed by atoms with E-state index in [1.54, 1.807) is 0 Å². The molecule has 0 bridgehead atoms. The number of hydrogen-bond acceptors (Lipinski definition) is 6. The van der Waals surface area contributed by atoms with E-state index in [1.807, 2.05) is 0 Å². The number of ether oxygens (including phenoxy) is 1. The molecule has 27 heavy (non-hydrogen) atoms. The standard InChI is InChI=1S/C19H20N2O4S2/c1-12-3-8-15-16(10-20)19(26-17(15)9-12)21-18(22)11-27(23,24)14-6-4-13(25-2)5-7-14/h4-7,12H,3,8-9,11H2,1-2H3,(H,21,22). The van der Waals surface area contributed by atoms with Crippen LogP contribution in [0.4, 0.5) is 5.00 Å². The predicted octanol–water partition coefficient (Wildman–Crippen LogP) is 3.17. The molecule has 1 N–H and O–H groups in total. The number of benzene rings is 1. The molecule has 1 amide bonds. The molecule has 1 aliphatic rings. The fraction of sp³-hybridized carbons (Fsp3) is 0.368. The summed E-state index contributed by atoms with van der Waals surface area (Å²) < 4.78 is 29.9. The zero-order valence-corrected chi connectivity index (χ0v) is 16.7. The van der Waals surface area contributed by atoms with Crippen molar-refractivity contribution < 1.29 is 17.9 Å². The van der Waals surface area contributed by atoms with Gasteiger partial charge in [-0.05, 0) is 55.0 Å². The van der Waals surface area contributed by atoms with Crippen LogP contribution >= 0.6 is 11.3 Å². The molecule has 0 spiro atoms. The van der Waals surface area contributed by atoms with Crippen molar-refractivity contribution in [3.8, 4) is 11.8 Å². The third-order valence-corrected chi connectivity index (χ3v) is 7.42. The number of sulfone groups is 1. The van der Waals surface area contributed by atoms with E-state index in [0.717, 1.165) is 29.7 Å². The lowest BCUT2D eigenvalue weighted by molar-refractivity contribution is -0.113. The van der Waals surface area contributed by atoms with Gasteiger partial charge >= 0.3 is 0 Å². The van der Waals surface area contributed by atoms with Crippen LogP contribution < -0.4 is 10.1 Å². The number of carbonyl (C=O) groups is 1. The van der Waals surface area contributed by atoms with Crippen molar-refractivity contribution in [3.63, 3.8) is 0 Å². The average Bonchev–Trinajstić information content (AvgIpc) is 2.96. The number of fused-ring (bicyclic) bond motifs is 1. The first-order valence-corrected chi connectivity index (χ1v) is 11.0. The Morgan fingerprint density at radius 2 is 2.07 bits per heavy atom. The number of thiophene rings is 1. The maximum atomic E-state index is 12.5. The van der Waals surface area contributed by atoms with Crippen molar-refractivity contribution in [3.05, 3.63) is 40.3 Å². The number of carbonyl (C=O) groups excluding carboxylic acids is 1. The van der Waals surface area contributed by atoms with Gasteiger partial charge in [0.15, 0.2) is 9.84 Å². The van der Waals surface area contributed by atoms with Crippen LogP contribution in [0.3, 0.4) is 0 Å². The number of amides is 1. The molecular formula is C19H20N2O4S2. The average molecular weight is 405 g/mol. The summed E-state index contributed by atoms with van der Waals surface area (Å²) in [5.74, 6) is -0.241. The predicted molar refractivity (Wildman–Crippen MR) is 104 cm³/mol. The normalized spacial score (nSPS) is 16.3. The van der Waals surface area contributed by atoms with Gasteiger partial charge in [-0.15, -0.1) is 11.3 Å². The van der Waals surface area contributed by atoms with Crippen LogP contribution in [-0.4, -0.2) is 27.2 Å². The van der Waals surface area contributed by atoms with Crippen molar-refractivity contribution in [2.45, 2.75) is 31.1 Å². The number of rotatable bonds is 5. The highest BCUT2D eigenvalue weighted by atomic mass is 32.2. The van der Waals surface area contributed by atoms with Gasteiger partial charge in [0.1, 0.15) is 22.6 Å². The monoisotopic (exact) mass is 404 g/mol. The first-order valence-electron chi connectivity index (χ1n) is 8.55. The summed E-state index contributed by atoms with van der Waals surface area (Å²) in [6, 6.07) is 8.05. The zero-order chi connectivity index (χ0) is 19.6. The number of nitrogens with one attached hydrogen (secondary N) is 1. The molecule has 1 unspecified atom stereocenters. The van der Waals surface area contributed by atoms with Crippen LogP contribution in [0.5, 0.6) is 5.75 Å². The fourth-order valence-electron chi connectivity index (χ4n) is 3.16. The molecule has 1 aromatic heterocycles. The highest BCUT2D eigenvalue weighted by Crippen LogP contribution is 2.39. The largest absolute Gasteiger partial charge is 0.497 e. The Morgan fingerprint density at radius 1 is 1.37 bits per heavy atom. The molecule has 8 heteroatoms. The summed E-state index contributed by atoms with van der Waals surface area (Å²) in [6.07, 6.45) is 2.71. The first kappa shape index (κ1) is 19.4. The van der Waals surface area contributed by atoms with Crippen LogP contribution in [0, 0.1) is 17.2 Å². The van der Waals surface area contributed by atoms with E-state index < -0.39 is 21.5 Å². The third-order valence-electron chi connectivity index (χ3n) is 4.62. The highest BCUT2D eigenvalue weighted by molar-refractivity contribution is 7.92. The van der Waals surface area contributed by atoms with Gasteiger partial charge in [-0.2, -0.15) is 5.26 Å². The van der Waals surface area contributed by atoms with Gasteiger partial charge < -0.3 is 10.1 Å². The first-order chi connectivity index (χ1) is 12.8. The third kappa shape index (κ3) is 4.15. The van der Waals surface area contributed by atoms with Crippen molar-refractivity contribution in [1.82, 2.24) is 0 Å². The van der Waals surface area contributed by atoms with Gasteiger partial charge in [0, 0.05) is 4.88 Å². The number of anilines is 1. The van der Waals surface area contributed by atoms with E-state index in [2.05, 4.69) is 18.3 Å². The molecule has 0 aliphatic heterocycles. The Hall–Kier alpha value is -2.37. The molecule has 6 nitrogen and oxygen atoms in total. The molecule has 1 aliphatic carbocycles. The van der Waals surface area contributed by atoms with Gasteiger partial charge in [0.25, 0.3) is 0 Å². The van der Waals surface area contributed by atoms with Crippen molar-refractivity contribution >= 4 is 32.1 Å². The Morgan fingerprint density at radius 3 is 2.70 bits per heavy atom. The quantitative estimate of drug-likeness (QED) is 0.826. The fourth-order valence-corrected chi connectivity index (χ4v) is 5.67. The molecule has 2 aromatic rings. The van der Waals surface area contributed by atoms with Gasteiger partial charge in [-0.1, -0.05) is 6.92 Å². The minimum absolute atomic E-state index is 0.0539. The van der Waals surface area contributed by atoms with Gasteiger partial charge in [-0.25, -0.2) is 8.42 Å². The van der Waals surface area contributed by atoms with Crippen LogP contribution in [0.25, 0.3) is 0 Å². The minimum Gasteiger partial charge on any atom is -0.497 e. The topological polar surface area (TPSA) is 96.3 Å². The molecule has 0 saturated carbocycles. The van der Waals surface area contributed by atoms with Crippen molar-refractivity contribution in [1.29, 1.82) is 5.26 Å². The van der Waals surface area contributed by atoms with Gasteiger partial charge in [0.2, 0.25) is 5.91 Å². The van der Waals surface area contributed by atoms with E-state index in [4.69, 9.17) is 4.74 Å². The smallest absolute Gasteiger partial charge is 0.240 e. The second-order valence-electron chi connectivity index (χ2n) is 6.65. The zero-order valence-electron chi connectivity index (χ0n) is 15.1. The maximum absolute atomic E-state index is 12.5. The summed E-state index contributed by atoms with van der Waals surface area (Å²) in [5.41, 5.74) is 1.46. The molecule has 0 saturated heterocycles. The Kier molecular flexibility index (Phi) is 5.53. The summed E-state index contributed by atoms with van der Waals surface area (Å²) in [6.45, 7) is 2.16. The second-order valence-corrected chi connectivity index (χ2v) is 9.75. The van der Waals surface area contributed by atoms with E-state index >= 15 is 0 Å². The van der Waals surface area contributed by atoms with E-state index in [0.29, 0.717) is 22.2 Å².